The van der Waals surface area contributed by atoms with Gasteiger partial charge in [-0.15, -0.1) is 0 Å². The number of ether oxygens (including phenoxy) is 1. The Hall–Kier alpha value is -1.40. The molecular formula is C13H21N3O3. The fraction of sp³-hybridized carbons (Fsp3) is 0.692. The number of imidazole rings is 1. The van der Waals surface area contributed by atoms with Gasteiger partial charge in [0, 0.05) is 31.4 Å². The summed E-state index contributed by atoms with van der Waals surface area (Å²) >= 11 is 0. The number of rotatable bonds is 4. The number of likely N-dealkylation sites (tertiary alicyclic amines) is 1. The zero-order valence-corrected chi connectivity index (χ0v) is 11.6. The summed E-state index contributed by atoms with van der Waals surface area (Å²) in [5.74, 6) is 0.609. The number of aliphatic hydroxyl groups is 1. The molecule has 0 spiro atoms. The summed E-state index contributed by atoms with van der Waals surface area (Å²) in [7, 11) is 1.38. The van der Waals surface area contributed by atoms with Crippen molar-refractivity contribution in [3.05, 3.63) is 18.2 Å². The average molecular weight is 267 g/mol. The monoisotopic (exact) mass is 267 g/mol. The van der Waals surface area contributed by atoms with E-state index >= 15 is 0 Å². The largest absolute Gasteiger partial charge is 0.468 e. The molecule has 19 heavy (non-hydrogen) atoms. The van der Waals surface area contributed by atoms with Crippen molar-refractivity contribution in [3.63, 3.8) is 0 Å². The fourth-order valence-electron chi connectivity index (χ4n) is 2.55. The van der Waals surface area contributed by atoms with Gasteiger partial charge in [-0.1, -0.05) is 0 Å². The number of carbonyl (C=O) groups excluding carboxylic acids is 1. The van der Waals surface area contributed by atoms with Crippen LogP contribution in [0.25, 0.3) is 0 Å². The van der Waals surface area contributed by atoms with Gasteiger partial charge in [-0.05, 0) is 13.8 Å². The number of aromatic nitrogens is 2. The highest BCUT2D eigenvalue weighted by molar-refractivity contribution is 5.76. The molecule has 6 heteroatoms. The molecule has 1 aliphatic rings. The van der Waals surface area contributed by atoms with Crippen molar-refractivity contribution in [2.24, 2.45) is 0 Å². The van der Waals surface area contributed by atoms with Crippen molar-refractivity contribution in [2.45, 2.75) is 45.0 Å². The molecule has 2 atom stereocenters. The van der Waals surface area contributed by atoms with Crippen LogP contribution in [0.4, 0.5) is 0 Å². The number of aliphatic hydroxyl groups excluding tert-OH is 1. The molecule has 1 aromatic rings. The van der Waals surface area contributed by atoms with E-state index in [1.165, 1.54) is 7.11 Å². The van der Waals surface area contributed by atoms with E-state index in [0.29, 0.717) is 25.6 Å². The molecule has 0 unspecified atom stereocenters. The van der Waals surface area contributed by atoms with E-state index in [9.17, 15) is 9.90 Å². The maximum absolute atomic E-state index is 11.7. The number of carbonyl (C=O) groups is 1. The van der Waals surface area contributed by atoms with E-state index in [1.54, 1.807) is 6.20 Å². The van der Waals surface area contributed by atoms with Crippen molar-refractivity contribution >= 4 is 5.97 Å². The van der Waals surface area contributed by atoms with Gasteiger partial charge < -0.3 is 14.4 Å². The Morgan fingerprint density at radius 2 is 2.37 bits per heavy atom. The van der Waals surface area contributed by atoms with Crippen LogP contribution in [0.3, 0.4) is 0 Å². The zero-order chi connectivity index (χ0) is 14.0. The summed E-state index contributed by atoms with van der Waals surface area (Å²) in [5.41, 5.74) is 0. The Labute approximate surface area is 113 Å². The Balaban J connectivity index is 2.12. The Kier molecular flexibility index (Phi) is 4.21. The number of hydrogen-bond acceptors (Lipinski definition) is 5. The third-order valence-electron chi connectivity index (χ3n) is 3.50. The second kappa shape index (κ2) is 5.71. The summed E-state index contributed by atoms with van der Waals surface area (Å²) in [5, 5.41) is 9.74. The predicted molar refractivity (Wildman–Crippen MR) is 69.4 cm³/mol. The van der Waals surface area contributed by atoms with Gasteiger partial charge in [0.2, 0.25) is 0 Å². The van der Waals surface area contributed by atoms with E-state index in [0.717, 1.165) is 5.82 Å². The van der Waals surface area contributed by atoms with Gasteiger partial charge in [0.15, 0.2) is 0 Å². The molecule has 2 heterocycles. The van der Waals surface area contributed by atoms with Crippen LogP contribution in [-0.4, -0.2) is 51.3 Å². The molecule has 0 amide bonds. The minimum atomic E-state index is -0.480. The first-order valence-electron chi connectivity index (χ1n) is 6.54. The molecule has 0 saturated carbocycles. The van der Waals surface area contributed by atoms with Crippen LogP contribution < -0.4 is 0 Å². The van der Waals surface area contributed by atoms with Crippen molar-refractivity contribution < 1.29 is 14.6 Å². The summed E-state index contributed by atoms with van der Waals surface area (Å²) in [6.07, 6.45) is 3.63. The lowest BCUT2D eigenvalue weighted by molar-refractivity contribution is -0.146. The minimum Gasteiger partial charge on any atom is -0.468 e. The summed E-state index contributed by atoms with van der Waals surface area (Å²) in [4.78, 5) is 18.0. The highest BCUT2D eigenvalue weighted by atomic mass is 16.5. The number of methoxy groups -OCH3 is 1. The number of nitrogens with zero attached hydrogens (tertiary/aromatic N) is 3. The maximum atomic E-state index is 11.7. The van der Waals surface area contributed by atoms with Crippen LogP contribution in [0.15, 0.2) is 12.4 Å². The topological polar surface area (TPSA) is 67.6 Å². The average Bonchev–Trinajstić information content (AvgIpc) is 2.95. The van der Waals surface area contributed by atoms with Crippen LogP contribution in [-0.2, 0) is 16.1 Å². The van der Waals surface area contributed by atoms with Crippen molar-refractivity contribution in [1.29, 1.82) is 0 Å². The molecule has 106 valence electrons. The molecule has 1 aromatic heterocycles. The second-order valence-electron chi connectivity index (χ2n) is 5.20. The first-order chi connectivity index (χ1) is 9.02. The van der Waals surface area contributed by atoms with Crippen LogP contribution in [0.2, 0.25) is 0 Å². The predicted octanol–water partition coefficient (Wildman–Crippen LogP) is 0.572. The molecule has 6 nitrogen and oxygen atoms in total. The van der Waals surface area contributed by atoms with Gasteiger partial charge in [-0.25, -0.2) is 4.98 Å². The van der Waals surface area contributed by atoms with E-state index in [1.807, 2.05) is 11.1 Å². The maximum Gasteiger partial charge on any atom is 0.323 e. The molecule has 2 rings (SSSR count). The molecule has 0 aromatic carbocycles. The first kappa shape index (κ1) is 14.0. The van der Waals surface area contributed by atoms with Crippen LogP contribution >= 0.6 is 0 Å². The normalized spacial score (nSPS) is 24.1. The Morgan fingerprint density at radius 3 is 3.00 bits per heavy atom. The highest BCUT2D eigenvalue weighted by Crippen LogP contribution is 2.22. The van der Waals surface area contributed by atoms with E-state index in [-0.39, 0.29) is 12.0 Å². The van der Waals surface area contributed by atoms with Crippen LogP contribution in [0.5, 0.6) is 0 Å². The quantitative estimate of drug-likeness (QED) is 0.808. The number of β-amino-alcohol motifs (C(OH)–C–C–N with tert-alkyl or cyclic N) is 1. The van der Waals surface area contributed by atoms with Gasteiger partial charge in [0.25, 0.3) is 0 Å². The standard InChI is InChI=1S/C13H21N3O3/c1-9(2)16-5-4-14-12(16)8-15-7-10(17)6-11(15)13(18)19-3/h4-5,9-11,17H,6-8H2,1-3H3/t10-,11+/m0/s1. The molecule has 0 aliphatic carbocycles. The molecular weight excluding hydrogens is 246 g/mol. The van der Waals surface area contributed by atoms with Crippen molar-refractivity contribution in [1.82, 2.24) is 14.5 Å². The summed E-state index contributed by atoms with van der Waals surface area (Å²) < 4.78 is 6.86. The molecule has 1 N–H and O–H groups in total. The molecule has 1 aliphatic heterocycles. The van der Waals surface area contributed by atoms with Gasteiger partial charge in [-0.2, -0.15) is 0 Å². The lowest BCUT2D eigenvalue weighted by atomic mass is 10.2. The first-order valence-corrected chi connectivity index (χ1v) is 6.54. The minimum absolute atomic E-state index is 0.292. The smallest absolute Gasteiger partial charge is 0.323 e. The zero-order valence-electron chi connectivity index (χ0n) is 11.6. The molecule has 0 radical (unpaired) electrons. The summed E-state index contributed by atoms with van der Waals surface area (Å²) in [6, 6.07) is -0.0566. The lowest BCUT2D eigenvalue weighted by Crippen LogP contribution is -2.37. The molecule has 1 fully saturated rings. The SMILES string of the molecule is COC(=O)[C@H]1C[C@H](O)CN1Cc1nccn1C(C)C. The van der Waals surface area contributed by atoms with E-state index < -0.39 is 6.10 Å². The second-order valence-corrected chi connectivity index (χ2v) is 5.20. The third-order valence-corrected chi connectivity index (χ3v) is 3.50. The van der Waals surface area contributed by atoms with Crippen LogP contribution in [0.1, 0.15) is 32.1 Å². The fourth-order valence-corrected chi connectivity index (χ4v) is 2.55. The van der Waals surface area contributed by atoms with Crippen molar-refractivity contribution in [2.75, 3.05) is 13.7 Å². The Morgan fingerprint density at radius 1 is 1.63 bits per heavy atom. The molecule has 1 saturated heterocycles. The lowest BCUT2D eigenvalue weighted by Gasteiger charge is -2.22. The van der Waals surface area contributed by atoms with E-state index in [4.69, 9.17) is 4.74 Å². The van der Waals surface area contributed by atoms with E-state index in [2.05, 4.69) is 23.4 Å². The van der Waals surface area contributed by atoms with Gasteiger partial charge >= 0.3 is 5.97 Å². The number of hydrogen-bond donors (Lipinski definition) is 1. The van der Waals surface area contributed by atoms with Gasteiger partial charge in [-0.3, -0.25) is 9.69 Å². The van der Waals surface area contributed by atoms with Gasteiger partial charge in [0.1, 0.15) is 11.9 Å². The molecule has 0 bridgehead atoms. The van der Waals surface area contributed by atoms with Gasteiger partial charge in [0.05, 0.1) is 19.8 Å². The number of esters is 1. The van der Waals surface area contributed by atoms with Crippen molar-refractivity contribution in [3.8, 4) is 0 Å². The van der Waals surface area contributed by atoms with Crippen LogP contribution in [0, 0.1) is 0 Å². The Bertz CT molecular complexity index is 444. The third kappa shape index (κ3) is 2.96. The summed E-state index contributed by atoms with van der Waals surface area (Å²) in [6.45, 7) is 5.19. The highest BCUT2D eigenvalue weighted by Gasteiger charge is 2.37.